The lowest BCUT2D eigenvalue weighted by molar-refractivity contribution is 0.144. The van der Waals surface area contributed by atoms with E-state index in [0.29, 0.717) is 0 Å². The molecule has 0 radical (unpaired) electrons. The highest BCUT2D eigenvalue weighted by Crippen LogP contribution is 2.26. The maximum Gasteiger partial charge on any atom is 0.269 e. The molecule has 6 heteroatoms. The number of aromatic nitrogens is 1. The lowest BCUT2D eigenvalue weighted by Gasteiger charge is -2.05. The molecule has 1 aromatic rings. The average molecular weight is 312 g/mol. The molecule has 0 N–H and O–H groups in total. The first kappa shape index (κ1) is 11.2. The van der Waals surface area contributed by atoms with Gasteiger partial charge >= 0.3 is 0 Å². The molecule has 1 heterocycles. The van der Waals surface area contributed by atoms with Crippen LogP contribution in [0.3, 0.4) is 0 Å². The summed E-state index contributed by atoms with van der Waals surface area (Å²) < 4.78 is 37.6. The van der Waals surface area contributed by atoms with Crippen LogP contribution in [0.25, 0.3) is 0 Å². The van der Waals surface area contributed by atoms with Gasteiger partial charge in [0.05, 0.1) is 23.7 Å². The van der Waals surface area contributed by atoms with Gasteiger partial charge in [-0.3, -0.25) is 0 Å². The molecule has 0 aliphatic carbocycles. The fraction of sp³-hybridized carbons (Fsp3) is 0.250. The third kappa shape index (κ3) is 2.35. The highest BCUT2D eigenvalue weighted by Gasteiger charge is 2.19. The molecule has 0 aromatic carbocycles. The maximum absolute atomic E-state index is 13.0. The quantitative estimate of drug-likeness (QED) is 0.622. The first-order valence-electron chi connectivity index (χ1n) is 3.56. The van der Waals surface area contributed by atoms with Crippen LogP contribution in [0.4, 0.5) is 13.2 Å². The van der Waals surface area contributed by atoms with Crippen LogP contribution < -0.4 is 0 Å². The third-order valence-corrected chi connectivity index (χ3v) is 2.39. The number of halogens is 4. The maximum atomic E-state index is 13.0. The normalized spacial score (nSPS) is 10.3. The Labute approximate surface area is 91.9 Å². The Hall–Kier alpha value is -0.840. The largest absolute Gasteiger partial charge is 0.269 e. The van der Waals surface area contributed by atoms with Crippen LogP contribution in [0.15, 0.2) is 6.07 Å². The van der Waals surface area contributed by atoms with Crippen molar-refractivity contribution in [3.8, 4) is 6.07 Å². The first-order chi connectivity index (χ1) is 6.56. The second kappa shape index (κ2) is 4.59. The molecule has 0 bridgehead atoms. The zero-order chi connectivity index (χ0) is 10.7. The predicted octanol–water partition coefficient (Wildman–Crippen LogP) is 2.83. The van der Waals surface area contributed by atoms with E-state index in [1.807, 2.05) is 0 Å². The van der Waals surface area contributed by atoms with E-state index < -0.39 is 17.9 Å². The van der Waals surface area contributed by atoms with E-state index in [0.717, 1.165) is 0 Å². The van der Waals surface area contributed by atoms with Gasteiger partial charge in [-0.1, -0.05) is 0 Å². The van der Waals surface area contributed by atoms with E-state index in [-0.39, 0.29) is 15.7 Å². The van der Waals surface area contributed by atoms with Gasteiger partial charge in [-0.05, 0) is 28.7 Å². The fourth-order valence-electron chi connectivity index (χ4n) is 0.907. The van der Waals surface area contributed by atoms with Gasteiger partial charge in [-0.25, -0.2) is 13.8 Å². The summed E-state index contributed by atoms with van der Waals surface area (Å²) >= 11 is 1.60. The standard InChI is InChI=1S/C8H4F3IN2/c9-7(10)6-5(12)3-4(1-2-13)14-8(6)11/h3,7H,1H2. The smallest absolute Gasteiger partial charge is 0.223 e. The van der Waals surface area contributed by atoms with E-state index >= 15 is 0 Å². The molecule has 1 rings (SSSR count). The van der Waals surface area contributed by atoms with Gasteiger partial charge in [0, 0.05) is 3.57 Å². The summed E-state index contributed by atoms with van der Waals surface area (Å²) in [4.78, 5) is 3.27. The Morgan fingerprint density at radius 3 is 2.64 bits per heavy atom. The van der Waals surface area contributed by atoms with Crippen molar-refractivity contribution in [2.24, 2.45) is 0 Å². The lowest BCUT2D eigenvalue weighted by atomic mass is 10.2. The van der Waals surface area contributed by atoms with Gasteiger partial charge < -0.3 is 0 Å². The molecule has 0 saturated heterocycles. The molecule has 0 saturated carbocycles. The minimum atomic E-state index is -2.88. The van der Waals surface area contributed by atoms with Crippen molar-refractivity contribution in [3.63, 3.8) is 0 Å². The number of hydrogen-bond acceptors (Lipinski definition) is 2. The molecule has 0 unspecified atom stereocenters. The zero-order valence-corrected chi connectivity index (χ0v) is 8.93. The Kier molecular flexibility index (Phi) is 3.69. The van der Waals surface area contributed by atoms with E-state index in [9.17, 15) is 13.2 Å². The van der Waals surface area contributed by atoms with Crippen molar-refractivity contribution in [1.29, 1.82) is 5.26 Å². The first-order valence-corrected chi connectivity index (χ1v) is 4.64. The summed E-state index contributed by atoms with van der Waals surface area (Å²) in [5.74, 6) is -1.20. The number of pyridine rings is 1. The summed E-state index contributed by atoms with van der Waals surface area (Å²) in [5, 5.41) is 8.32. The number of hydrogen-bond donors (Lipinski definition) is 0. The van der Waals surface area contributed by atoms with E-state index in [1.165, 1.54) is 6.07 Å². The molecular formula is C8H4F3IN2. The zero-order valence-electron chi connectivity index (χ0n) is 6.77. The van der Waals surface area contributed by atoms with Crippen LogP contribution in [-0.2, 0) is 6.42 Å². The summed E-state index contributed by atoms with van der Waals surface area (Å²) in [6.45, 7) is 0. The number of rotatable bonds is 2. The second-order valence-electron chi connectivity index (χ2n) is 2.44. The molecule has 0 fully saturated rings. The van der Waals surface area contributed by atoms with Crippen molar-refractivity contribution < 1.29 is 13.2 Å². The molecule has 0 aliphatic rings. The molecule has 1 aromatic heterocycles. The summed E-state index contributed by atoms with van der Waals surface area (Å²) in [5.41, 5.74) is -0.536. The number of alkyl halides is 2. The SMILES string of the molecule is N#CCc1cc(I)c(C(F)F)c(F)n1. The minimum absolute atomic E-state index is 0.0869. The number of nitrogens with zero attached hydrogens (tertiary/aromatic N) is 2. The lowest BCUT2D eigenvalue weighted by Crippen LogP contribution is -2.02. The van der Waals surface area contributed by atoms with Gasteiger partial charge in [0.1, 0.15) is 0 Å². The van der Waals surface area contributed by atoms with Crippen molar-refractivity contribution in [3.05, 3.63) is 26.8 Å². The van der Waals surface area contributed by atoms with Crippen LogP contribution >= 0.6 is 22.6 Å². The Bertz CT molecular complexity index is 364. The predicted molar refractivity (Wildman–Crippen MR) is 51.2 cm³/mol. The highest BCUT2D eigenvalue weighted by molar-refractivity contribution is 14.1. The minimum Gasteiger partial charge on any atom is -0.223 e. The monoisotopic (exact) mass is 312 g/mol. The van der Waals surface area contributed by atoms with Crippen LogP contribution in [0.2, 0.25) is 0 Å². The molecule has 74 valence electrons. The van der Waals surface area contributed by atoms with Crippen molar-refractivity contribution >= 4 is 22.6 Å². The summed E-state index contributed by atoms with van der Waals surface area (Å²) in [6, 6.07) is 3.05. The topological polar surface area (TPSA) is 36.7 Å². The Morgan fingerprint density at radius 1 is 1.57 bits per heavy atom. The van der Waals surface area contributed by atoms with Crippen molar-refractivity contribution in [2.45, 2.75) is 12.8 Å². The van der Waals surface area contributed by atoms with Crippen LogP contribution in [0.5, 0.6) is 0 Å². The molecule has 0 spiro atoms. The average Bonchev–Trinajstić information content (AvgIpc) is 2.01. The van der Waals surface area contributed by atoms with E-state index in [4.69, 9.17) is 5.26 Å². The fourth-order valence-corrected chi connectivity index (χ4v) is 1.72. The Morgan fingerprint density at radius 2 is 2.21 bits per heavy atom. The molecule has 0 aliphatic heterocycles. The second-order valence-corrected chi connectivity index (χ2v) is 3.60. The summed E-state index contributed by atoms with van der Waals surface area (Å²) in [6.07, 6.45) is -2.97. The highest BCUT2D eigenvalue weighted by atomic mass is 127. The molecular weight excluding hydrogens is 308 g/mol. The molecule has 14 heavy (non-hydrogen) atoms. The van der Waals surface area contributed by atoms with Crippen LogP contribution in [0, 0.1) is 20.8 Å². The van der Waals surface area contributed by atoms with Gasteiger partial charge in [0.2, 0.25) is 5.95 Å². The van der Waals surface area contributed by atoms with Gasteiger partial charge in [-0.15, -0.1) is 0 Å². The van der Waals surface area contributed by atoms with Gasteiger partial charge in [-0.2, -0.15) is 9.65 Å². The number of nitriles is 1. The third-order valence-electron chi connectivity index (χ3n) is 1.49. The molecule has 0 amide bonds. The Balaban J connectivity index is 3.19. The van der Waals surface area contributed by atoms with Crippen LogP contribution in [-0.4, -0.2) is 4.98 Å². The van der Waals surface area contributed by atoms with Crippen molar-refractivity contribution in [1.82, 2.24) is 4.98 Å². The molecule has 2 nitrogen and oxygen atoms in total. The van der Waals surface area contributed by atoms with E-state index in [1.54, 1.807) is 28.7 Å². The van der Waals surface area contributed by atoms with Crippen LogP contribution in [0.1, 0.15) is 17.7 Å². The van der Waals surface area contributed by atoms with E-state index in [2.05, 4.69) is 4.98 Å². The summed E-state index contributed by atoms with van der Waals surface area (Å²) in [7, 11) is 0. The van der Waals surface area contributed by atoms with Gasteiger partial charge in [0.25, 0.3) is 6.43 Å². The van der Waals surface area contributed by atoms with Crippen molar-refractivity contribution in [2.75, 3.05) is 0 Å². The molecule has 0 atom stereocenters. The van der Waals surface area contributed by atoms with Gasteiger partial charge in [0.15, 0.2) is 0 Å².